The Labute approximate surface area is 195 Å². The Morgan fingerprint density at radius 1 is 0.545 bits per heavy atom. The normalized spacial score (nSPS) is 16.4. The molecule has 5 aromatic rings. The van der Waals surface area contributed by atoms with Crippen LogP contribution in [0.25, 0.3) is 39.0 Å². The predicted molar refractivity (Wildman–Crippen MR) is 138 cm³/mol. The molecule has 0 saturated carbocycles. The maximum absolute atomic E-state index is 2.51. The zero-order valence-corrected chi connectivity index (χ0v) is 19.6. The van der Waals surface area contributed by atoms with Gasteiger partial charge in [0.25, 0.3) is 0 Å². The highest BCUT2D eigenvalue weighted by Gasteiger charge is 2.41. The van der Waals surface area contributed by atoms with E-state index in [2.05, 4.69) is 123 Å². The van der Waals surface area contributed by atoms with Crippen LogP contribution in [0.15, 0.2) is 91.0 Å². The van der Waals surface area contributed by atoms with E-state index in [0.717, 1.165) is 0 Å². The summed E-state index contributed by atoms with van der Waals surface area (Å²) in [7, 11) is 0. The van der Waals surface area contributed by atoms with Crippen LogP contribution in [-0.4, -0.2) is 4.57 Å². The Hall–Kier alpha value is -3.58. The number of fused-ring (bicyclic) bond motifs is 8. The molecule has 0 N–H and O–H groups in total. The summed E-state index contributed by atoms with van der Waals surface area (Å²) >= 11 is 0. The van der Waals surface area contributed by atoms with E-state index in [4.69, 9.17) is 0 Å². The van der Waals surface area contributed by atoms with E-state index in [1.54, 1.807) is 0 Å². The highest BCUT2D eigenvalue weighted by molar-refractivity contribution is 5.99. The maximum atomic E-state index is 2.51. The van der Waals surface area contributed by atoms with E-state index in [-0.39, 0.29) is 10.8 Å². The van der Waals surface area contributed by atoms with Crippen LogP contribution in [0.5, 0.6) is 0 Å². The molecule has 160 valence electrons. The predicted octanol–water partition coefficient (Wildman–Crippen LogP) is 8.24. The first kappa shape index (κ1) is 18.9. The number of rotatable bonds is 1. The van der Waals surface area contributed by atoms with Crippen LogP contribution < -0.4 is 0 Å². The molecule has 1 nitrogen and oxygen atoms in total. The van der Waals surface area contributed by atoms with E-state index < -0.39 is 0 Å². The lowest BCUT2D eigenvalue weighted by atomic mass is 9.81. The minimum Gasteiger partial charge on any atom is -0.309 e. The maximum Gasteiger partial charge on any atom is 0.0584 e. The summed E-state index contributed by atoms with van der Waals surface area (Å²) in [5.41, 5.74) is 13.7. The van der Waals surface area contributed by atoms with Crippen molar-refractivity contribution in [2.45, 2.75) is 38.5 Å². The minimum atomic E-state index is -0.0248. The standard InChI is InChI=1S/C32H27N/c1-31(2)25-14-8-5-11-21(25)22-18-17-20(19-27(22)31)33-28-16-10-7-13-24(28)29-30(33)23-12-6-9-15-26(23)32(29,3)4/h5-19H,1-4H3. The Bertz CT molecular complexity index is 1610. The number of hydrogen-bond acceptors (Lipinski definition) is 0. The number of aromatic nitrogens is 1. The molecule has 0 aliphatic heterocycles. The summed E-state index contributed by atoms with van der Waals surface area (Å²) in [6, 6.07) is 33.8. The number of benzene rings is 4. The van der Waals surface area contributed by atoms with Crippen LogP contribution in [-0.2, 0) is 10.8 Å². The highest BCUT2D eigenvalue weighted by atomic mass is 15.0. The van der Waals surface area contributed by atoms with Gasteiger partial charge in [-0.1, -0.05) is 100 Å². The van der Waals surface area contributed by atoms with Gasteiger partial charge in [-0.25, -0.2) is 0 Å². The first-order valence-corrected chi connectivity index (χ1v) is 11.9. The van der Waals surface area contributed by atoms with Gasteiger partial charge in [0.1, 0.15) is 0 Å². The van der Waals surface area contributed by atoms with Crippen molar-refractivity contribution >= 4 is 10.9 Å². The summed E-state index contributed by atoms with van der Waals surface area (Å²) in [4.78, 5) is 0. The fraction of sp³-hybridized carbons (Fsp3) is 0.188. The summed E-state index contributed by atoms with van der Waals surface area (Å²) in [6.07, 6.45) is 0. The van der Waals surface area contributed by atoms with Crippen molar-refractivity contribution in [1.29, 1.82) is 0 Å². The molecule has 0 unspecified atom stereocenters. The molecule has 1 heterocycles. The molecule has 0 amide bonds. The second-order valence-electron chi connectivity index (χ2n) is 10.6. The van der Waals surface area contributed by atoms with Gasteiger partial charge < -0.3 is 4.57 Å². The zero-order valence-electron chi connectivity index (χ0n) is 19.6. The van der Waals surface area contributed by atoms with Crippen LogP contribution in [0, 0.1) is 0 Å². The largest absolute Gasteiger partial charge is 0.309 e. The molecule has 0 fully saturated rings. The molecule has 2 aliphatic rings. The molecule has 0 saturated heterocycles. The molecular weight excluding hydrogens is 398 g/mol. The van der Waals surface area contributed by atoms with E-state index in [0.29, 0.717) is 0 Å². The summed E-state index contributed by atoms with van der Waals surface area (Å²) in [5, 5.41) is 1.36. The Morgan fingerprint density at radius 2 is 1.15 bits per heavy atom. The van der Waals surface area contributed by atoms with Crippen LogP contribution in [0.3, 0.4) is 0 Å². The first-order chi connectivity index (χ1) is 15.9. The van der Waals surface area contributed by atoms with Gasteiger partial charge in [0.15, 0.2) is 0 Å². The van der Waals surface area contributed by atoms with Gasteiger partial charge in [0.05, 0.1) is 11.2 Å². The first-order valence-electron chi connectivity index (χ1n) is 11.9. The second kappa shape index (κ2) is 6.05. The van der Waals surface area contributed by atoms with Crippen molar-refractivity contribution in [2.75, 3.05) is 0 Å². The van der Waals surface area contributed by atoms with Crippen molar-refractivity contribution in [1.82, 2.24) is 4.57 Å². The van der Waals surface area contributed by atoms with Gasteiger partial charge in [-0.15, -0.1) is 0 Å². The zero-order chi connectivity index (χ0) is 22.5. The molecule has 0 bridgehead atoms. The lowest BCUT2D eigenvalue weighted by Gasteiger charge is -2.22. The Morgan fingerprint density at radius 3 is 1.94 bits per heavy atom. The average Bonchev–Trinajstić information content (AvgIpc) is 3.38. The van der Waals surface area contributed by atoms with Crippen molar-refractivity contribution in [3.63, 3.8) is 0 Å². The molecule has 0 spiro atoms. The summed E-state index contributed by atoms with van der Waals surface area (Å²) in [6.45, 7) is 9.46. The van der Waals surface area contributed by atoms with E-state index in [1.807, 2.05) is 0 Å². The quantitative estimate of drug-likeness (QED) is 0.255. The van der Waals surface area contributed by atoms with Gasteiger partial charge in [-0.2, -0.15) is 0 Å². The van der Waals surface area contributed by atoms with Crippen molar-refractivity contribution < 1.29 is 0 Å². The molecule has 33 heavy (non-hydrogen) atoms. The Balaban J connectivity index is 1.57. The van der Waals surface area contributed by atoms with Gasteiger partial charge in [0.2, 0.25) is 0 Å². The lowest BCUT2D eigenvalue weighted by Crippen LogP contribution is -2.15. The number of para-hydroxylation sites is 1. The molecule has 1 aromatic heterocycles. The third-order valence-electron chi connectivity index (χ3n) is 8.18. The number of nitrogens with zero attached hydrogens (tertiary/aromatic N) is 1. The molecule has 0 radical (unpaired) electrons. The van der Waals surface area contributed by atoms with Gasteiger partial charge in [-0.05, 0) is 51.6 Å². The SMILES string of the molecule is CC1(C)c2ccccc2-c2ccc(-n3c4c(c5ccccc53)C(C)(C)c3ccccc3-4)cc21. The second-order valence-corrected chi connectivity index (χ2v) is 10.6. The fourth-order valence-electron chi connectivity index (χ4n) is 6.60. The lowest BCUT2D eigenvalue weighted by molar-refractivity contribution is 0.659. The van der Waals surface area contributed by atoms with Crippen molar-refractivity contribution in [3.8, 4) is 28.1 Å². The highest BCUT2D eigenvalue weighted by Crippen LogP contribution is 2.54. The van der Waals surface area contributed by atoms with Gasteiger partial charge in [0, 0.05) is 27.5 Å². The number of hydrogen-bond donors (Lipinski definition) is 0. The minimum absolute atomic E-state index is 0.00869. The van der Waals surface area contributed by atoms with E-state index >= 15 is 0 Å². The van der Waals surface area contributed by atoms with E-state index in [9.17, 15) is 0 Å². The van der Waals surface area contributed by atoms with Crippen LogP contribution in [0.1, 0.15) is 49.9 Å². The molecule has 4 aromatic carbocycles. The van der Waals surface area contributed by atoms with Crippen LogP contribution in [0.2, 0.25) is 0 Å². The average molecular weight is 426 g/mol. The van der Waals surface area contributed by atoms with Gasteiger partial charge in [-0.3, -0.25) is 0 Å². The molecule has 2 aliphatic carbocycles. The van der Waals surface area contributed by atoms with Crippen LogP contribution >= 0.6 is 0 Å². The third kappa shape index (κ3) is 2.23. The fourth-order valence-corrected chi connectivity index (χ4v) is 6.60. The third-order valence-corrected chi connectivity index (χ3v) is 8.18. The molecule has 1 heteroatoms. The summed E-state index contributed by atoms with van der Waals surface area (Å²) in [5.74, 6) is 0. The van der Waals surface area contributed by atoms with E-state index in [1.165, 1.54) is 61.2 Å². The monoisotopic (exact) mass is 425 g/mol. The molecule has 0 atom stereocenters. The Kier molecular flexibility index (Phi) is 3.47. The van der Waals surface area contributed by atoms with Gasteiger partial charge >= 0.3 is 0 Å². The van der Waals surface area contributed by atoms with Crippen molar-refractivity contribution in [2.24, 2.45) is 0 Å². The smallest absolute Gasteiger partial charge is 0.0584 e. The molecule has 7 rings (SSSR count). The summed E-state index contributed by atoms with van der Waals surface area (Å²) < 4.78 is 2.51. The van der Waals surface area contributed by atoms with Crippen molar-refractivity contribution in [3.05, 3.63) is 113 Å². The topological polar surface area (TPSA) is 4.93 Å². The van der Waals surface area contributed by atoms with Crippen LogP contribution in [0.4, 0.5) is 0 Å². The molecular formula is C32H27N.